The molecule has 0 radical (unpaired) electrons. The summed E-state index contributed by atoms with van der Waals surface area (Å²) in [5.74, 6) is 0.438. The lowest BCUT2D eigenvalue weighted by Crippen LogP contribution is -2.55. The van der Waals surface area contributed by atoms with Crippen molar-refractivity contribution in [1.82, 2.24) is 9.80 Å². The van der Waals surface area contributed by atoms with Crippen molar-refractivity contribution in [3.05, 3.63) is 23.8 Å². The SMILES string of the molecule is CC(C)(C)N(C(=O)O)[C@H]1CCc2ccc(OCCN3CCCC3)cc2NC1=O. The van der Waals surface area contributed by atoms with Crippen molar-refractivity contribution in [2.24, 2.45) is 0 Å². The highest BCUT2D eigenvalue weighted by molar-refractivity contribution is 5.98. The van der Waals surface area contributed by atoms with Gasteiger partial charge in [0.25, 0.3) is 0 Å². The van der Waals surface area contributed by atoms with Gasteiger partial charge in [0.2, 0.25) is 5.91 Å². The molecule has 2 aliphatic rings. The van der Waals surface area contributed by atoms with Crippen LogP contribution in [0.2, 0.25) is 0 Å². The van der Waals surface area contributed by atoms with Crippen LogP contribution >= 0.6 is 0 Å². The minimum absolute atomic E-state index is 0.287. The zero-order valence-electron chi connectivity index (χ0n) is 17.0. The van der Waals surface area contributed by atoms with Crippen molar-refractivity contribution >= 4 is 17.7 Å². The lowest BCUT2D eigenvalue weighted by molar-refractivity contribution is -0.122. The number of amides is 2. The number of rotatable bonds is 5. The first-order valence-corrected chi connectivity index (χ1v) is 10.1. The number of aryl methyl sites for hydroxylation is 1. The van der Waals surface area contributed by atoms with Crippen LogP contribution in [0.5, 0.6) is 5.75 Å². The first kappa shape index (κ1) is 20.5. The summed E-state index contributed by atoms with van der Waals surface area (Å²) < 4.78 is 5.88. The van der Waals surface area contributed by atoms with E-state index in [4.69, 9.17) is 4.74 Å². The fraction of sp³-hybridized carbons (Fsp3) is 0.619. The van der Waals surface area contributed by atoms with Crippen LogP contribution in [0.4, 0.5) is 10.5 Å². The number of fused-ring (bicyclic) bond motifs is 1. The van der Waals surface area contributed by atoms with Gasteiger partial charge in [0.05, 0.1) is 0 Å². The number of hydrogen-bond donors (Lipinski definition) is 2. The van der Waals surface area contributed by atoms with E-state index in [1.165, 1.54) is 17.7 Å². The zero-order chi connectivity index (χ0) is 20.3. The highest BCUT2D eigenvalue weighted by Gasteiger charge is 2.38. The molecule has 0 spiro atoms. The minimum Gasteiger partial charge on any atom is -0.492 e. The fourth-order valence-corrected chi connectivity index (χ4v) is 4.05. The van der Waals surface area contributed by atoms with Crippen LogP contribution in [0, 0.1) is 0 Å². The Morgan fingerprint density at radius 3 is 2.68 bits per heavy atom. The molecule has 0 aliphatic carbocycles. The van der Waals surface area contributed by atoms with Gasteiger partial charge < -0.3 is 15.2 Å². The molecule has 7 heteroatoms. The van der Waals surface area contributed by atoms with Crippen molar-refractivity contribution in [1.29, 1.82) is 0 Å². The summed E-state index contributed by atoms with van der Waals surface area (Å²) >= 11 is 0. The average Bonchev–Trinajstić information content (AvgIpc) is 3.06. The molecule has 28 heavy (non-hydrogen) atoms. The van der Waals surface area contributed by atoms with Gasteiger partial charge in [0, 0.05) is 23.8 Å². The molecule has 3 rings (SSSR count). The maximum Gasteiger partial charge on any atom is 0.408 e. The number of nitrogens with one attached hydrogen (secondary N) is 1. The fourth-order valence-electron chi connectivity index (χ4n) is 4.05. The molecular formula is C21H31N3O4. The number of nitrogens with zero attached hydrogens (tertiary/aromatic N) is 2. The molecule has 1 fully saturated rings. The molecule has 2 aliphatic heterocycles. The van der Waals surface area contributed by atoms with Crippen molar-refractivity contribution in [3.8, 4) is 5.75 Å². The van der Waals surface area contributed by atoms with Gasteiger partial charge in [-0.15, -0.1) is 0 Å². The second-order valence-electron chi connectivity index (χ2n) is 8.58. The molecule has 1 saturated heterocycles. The van der Waals surface area contributed by atoms with Crippen molar-refractivity contribution in [2.45, 2.75) is 58.0 Å². The molecule has 1 aromatic rings. The molecule has 2 heterocycles. The van der Waals surface area contributed by atoms with E-state index in [1.54, 1.807) is 20.8 Å². The predicted molar refractivity (Wildman–Crippen MR) is 108 cm³/mol. The van der Waals surface area contributed by atoms with Gasteiger partial charge in [-0.3, -0.25) is 14.6 Å². The summed E-state index contributed by atoms with van der Waals surface area (Å²) in [5.41, 5.74) is 1.06. The number of hydrogen-bond acceptors (Lipinski definition) is 4. The van der Waals surface area contributed by atoms with Crippen LogP contribution in [-0.2, 0) is 11.2 Å². The molecule has 0 unspecified atom stereocenters. The molecule has 0 saturated carbocycles. The van der Waals surface area contributed by atoms with Gasteiger partial charge in [-0.25, -0.2) is 4.79 Å². The maximum absolute atomic E-state index is 12.8. The molecule has 1 aromatic carbocycles. The minimum atomic E-state index is -1.08. The Balaban J connectivity index is 1.67. The third kappa shape index (κ3) is 4.76. The summed E-state index contributed by atoms with van der Waals surface area (Å²) in [6.07, 6.45) is 2.52. The number of benzene rings is 1. The number of carbonyl (C=O) groups excluding carboxylic acids is 1. The third-order valence-electron chi connectivity index (χ3n) is 5.44. The number of ether oxygens (including phenoxy) is 1. The highest BCUT2D eigenvalue weighted by atomic mass is 16.5. The number of anilines is 1. The summed E-state index contributed by atoms with van der Waals surface area (Å²) in [6.45, 7) is 9.21. The normalized spacial score (nSPS) is 20.2. The second kappa shape index (κ2) is 8.39. The largest absolute Gasteiger partial charge is 0.492 e. The van der Waals surface area contributed by atoms with E-state index in [-0.39, 0.29) is 5.91 Å². The Labute approximate surface area is 166 Å². The number of carbonyl (C=O) groups is 2. The Kier molecular flexibility index (Phi) is 6.13. The van der Waals surface area contributed by atoms with E-state index in [0.717, 1.165) is 30.9 Å². The zero-order valence-corrected chi connectivity index (χ0v) is 17.0. The lowest BCUT2D eigenvalue weighted by atomic mass is 9.99. The smallest absolute Gasteiger partial charge is 0.408 e. The molecule has 2 N–H and O–H groups in total. The summed E-state index contributed by atoms with van der Waals surface area (Å²) in [6, 6.07) is 5.02. The molecule has 7 nitrogen and oxygen atoms in total. The van der Waals surface area contributed by atoms with E-state index < -0.39 is 17.7 Å². The Hall–Kier alpha value is -2.28. The Morgan fingerprint density at radius 1 is 1.32 bits per heavy atom. The number of carboxylic acid groups (broad SMARTS) is 1. The topological polar surface area (TPSA) is 82.1 Å². The molecule has 154 valence electrons. The van der Waals surface area contributed by atoms with Crippen LogP contribution in [0.25, 0.3) is 0 Å². The maximum atomic E-state index is 12.8. The molecule has 0 bridgehead atoms. The summed E-state index contributed by atoms with van der Waals surface area (Å²) in [5, 5.41) is 12.6. The Morgan fingerprint density at radius 2 is 2.04 bits per heavy atom. The van der Waals surface area contributed by atoms with Crippen molar-refractivity contribution in [2.75, 3.05) is 31.6 Å². The van der Waals surface area contributed by atoms with Gasteiger partial charge in [-0.05, 0) is 71.2 Å². The van der Waals surface area contributed by atoms with E-state index >= 15 is 0 Å². The van der Waals surface area contributed by atoms with Crippen LogP contribution in [-0.4, -0.2) is 64.7 Å². The molecule has 0 aromatic heterocycles. The lowest BCUT2D eigenvalue weighted by Gasteiger charge is -2.38. The van der Waals surface area contributed by atoms with Crippen LogP contribution in [0.15, 0.2) is 18.2 Å². The van der Waals surface area contributed by atoms with Gasteiger partial charge in [0.1, 0.15) is 18.4 Å². The van der Waals surface area contributed by atoms with Gasteiger partial charge in [-0.2, -0.15) is 0 Å². The van der Waals surface area contributed by atoms with E-state index in [1.807, 2.05) is 18.2 Å². The first-order chi connectivity index (χ1) is 13.3. The van der Waals surface area contributed by atoms with E-state index in [2.05, 4.69) is 10.2 Å². The summed E-state index contributed by atoms with van der Waals surface area (Å²) in [7, 11) is 0. The number of likely N-dealkylation sites (tertiary alicyclic amines) is 1. The van der Waals surface area contributed by atoms with Crippen molar-refractivity contribution in [3.63, 3.8) is 0 Å². The van der Waals surface area contributed by atoms with Gasteiger partial charge in [0.15, 0.2) is 0 Å². The monoisotopic (exact) mass is 389 g/mol. The summed E-state index contributed by atoms with van der Waals surface area (Å²) in [4.78, 5) is 28.2. The van der Waals surface area contributed by atoms with Crippen LogP contribution < -0.4 is 10.1 Å². The van der Waals surface area contributed by atoms with Gasteiger partial charge >= 0.3 is 6.09 Å². The molecular weight excluding hydrogens is 358 g/mol. The van der Waals surface area contributed by atoms with Crippen molar-refractivity contribution < 1.29 is 19.4 Å². The molecule has 2 amide bonds. The van der Waals surface area contributed by atoms with Crippen LogP contribution in [0.3, 0.4) is 0 Å². The highest BCUT2D eigenvalue weighted by Crippen LogP contribution is 2.30. The average molecular weight is 389 g/mol. The second-order valence-corrected chi connectivity index (χ2v) is 8.58. The quantitative estimate of drug-likeness (QED) is 0.808. The Bertz CT molecular complexity index is 723. The van der Waals surface area contributed by atoms with E-state index in [9.17, 15) is 14.7 Å². The standard InChI is InChI=1S/C21H31N3O4/c1-21(2,3)24(20(26)27)18-9-7-15-6-8-16(14-17(15)22-19(18)25)28-13-12-23-10-4-5-11-23/h6,8,14,18H,4-5,7,9-13H2,1-3H3,(H,22,25)(H,26,27)/t18-/m0/s1. The molecule has 1 atom stereocenters. The van der Waals surface area contributed by atoms with E-state index in [0.29, 0.717) is 25.1 Å². The predicted octanol–water partition coefficient (Wildman–Crippen LogP) is 3.19. The third-order valence-corrected chi connectivity index (χ3v) is 5.44. The first-order valence-electron chi connectivity index (χ1n) is 10.1. The van der Waals surface area contributed by atoms with Crippen LogP contribution in [0.1, 0.15) is 45.6 Å². The van der Waals surface area contributed by atoms with Gasteiger partial charge in [-0.1, -0.05) is 6.07 Å².